The van der Waals surface area contributed by atoms with Crippen LogP contribution in [0, 0.1) is 5.92 Å². The van der Waals surface area contributed by atoms with Gasteiger partial charge in [-0.05, 0) is 43.9 Å². The summed E-state index contributed by atoms with van der Waals surface area (Å²) in [4.78, 5) is 12.7. The Hall–Kier alpha value is -2.34. The highest BCUT2D eigenvalue weighted by atomic mass is 16.5. The number of ether oxygens (including phenoxy) is 1. The molecule has 128 valence electrons. The molecule has 0 bridgehead atoms. The lowest BCUT2D eigenvalue weighted by molar-refractivity contribution is 0.0235. The maximum Gasteiger partial charge on any atom is 0.251 e. The molecule has 1 heterocycles. The summed E-state index contributed by atoms with van der Waals surface area (Å²) in [5.74, 6) is 0.761. The molecule has 1 aliphatic rings. The summed E-state index contributed by atoms with van der Waals surface area (Å²) in [6, 6.07) is 7.01. The molecule has 1 amide bonds. The standard InChI is InChI=1S/C18H23N3O3/c1-3-24-16-6-4-5-12(9-16)18(23)20-17(13-7-15(22)8-13)14-10-19-21(2)11-14/h4-6,9-11,13,15,17,22H,3,7-8H2,1-2H3,(H,20,23)/t13?,15?,17-/m1/s1. The highest BCUT2D eigenvalue weighted by molar-refractivity contribution is 5.94. The predicted octanol–water partition coefficient (Wildman–Crippen LogP) is 2.06. The molecular weight excluding hydrogens is 306 g/mol. The second-order valence-corrected chi connectivity index (χ2v) is 6.24. The fourth-order valence-electron chi connectivity index (χ4n) is 3.09. The molecule has 3 rings (SSSR count). The molecule has 6 nitrogen and oxygen atoms in total. The van der Waals surface area contributed by atoms with E-state index in [0.717, 1.165) is 5.56 Å². The zero-order valence-corrected chi connectivity index (χ0v) is 14.0. The van der Waals surface area contributed by atoms with Crippen LogP contribution >= 0.6 is 0 Å². The molecule has 0 spiro atoms. The molecule has 2 N–H and O–H groups in total. The van der Waals surface area contributed by atoms with E-state index in [-0.39, 0.29) is 24.0 Å². The summed E-state index contributed by atoms with van der Waals surface area (Å²) in [6.45, 7) is 2.47. The number of nitrogens with zero attached hydrogens (tertiary/aromatic N) is 2. The van der Waals surface area contributed by atoms with Gasteiger partial charge in [0, 0.05) is 24.4 Å². The minimum absolute atomic E-state index is 0.146. The number of carbonyl (C=O) groups excluding carboxylic acids is 1. The molecular formula is C18H23N3O3. The van der Waals surface area contributed by atoms with Gasteiger partial charge >= 0.3 is 0 Å². The fraction of sp³-hybridized carbons (Fsp3) is 0.444. The summed E-state index contributed by atoms with van der Waals surface area (Å²) in [6.07, 6.45) is 4.79. The number of benzene rings is 1. The van der Waals surface area contributed by atoms with E-state index >= 15 is 0 Å². The van der Waals surface area contributed by atoms with Crippen LogP contribution in [0.2, 0.25) is 0 Å². The Balaban J connectivity index is 1.77. The van der Waals surface area contributed by atoms with Crippen molar-refractivity contribution in [1.29, 1.82) is 0 Å². The van der Waals surface area contributed by atoms with Crippen molar-refractivity contribution in [1.82, 2.24) is 15.1 Å². The first-order chi connectivity index (χ1) is 11.6. The van der Waals surface area contributed by atoms with Crippen molar-refractivity contribution in [2.75, 3.05) is 6.61 Å². The van der Waals surface area contributed by atoms with Crippen LogP contribution < -0.4 is 10.1 Å². The Morgan fingerprint density at radius 2 is 2.29 bits per heavy atom. The van der Waals surface area contributed by atoms with Crippen LogP contribution in [0.3, 0.4) is 0 Å². The van der Waals surface area contributed by atoms with Crippen molar-refractivity contribution in [3.63, 3.8) is 0 Å². The van der Waals surface area contributed by atoms with Crippen molar-refractivity contribution >= 4 is 5.91 Å². The van der Waals surface area contributed by atoms with Crippen molar-refractivity contribution in [2.24, 2.45) is 13.0 Å². The molecule has 1 atom stereocenters. The Labute approximate surface area is 141 Å². The van der Waals surface area contributed by atoms with Gasteiger partial charge in [-0.1, -0.05) is 6.07 Å². The van der Waals surface area contributed by atoms with Crippen LogP contribution in [0.5, 0.6) is 5.75 Å². The largest absolute Gasteiger partial charge is 0.494 e. The minimum atomic E-state index is -0.271. The average Bonchev–Trinajstić information content (AvgIpc) is 2.96. The highest BCUT2D eigenvalue weighted by Gasteiger charge is 2.36. The molecule has 24 heavy (non-hydrogen) atoms. The van der Waals surface area contributed by atoms with E-state index < -0.39 is 0 Å². The first-order valence-corrected chi connectivity index (χ1v) is 8.27. The van der Waals surface area contributed by atoms with Crippen molar-refractivity contribution < 1.29 is 14.6 Å². The number of aryl methyl sites for hydroxylation is 1. The third-order valence-corrected chi connectivity index (χ3v) is 4.40. The summed E-state index contributed by atoms with van der Waals surface area (Å²) >= 11 is 0. The van der Waals surface area contributed by atoms with E-state index in [0.29, 0.717) is 30.8 Å². The van der Waals surface area contributed by atoms with Crippen LogP contribution in [-0.2, 0) is 7.05 Å². The fourth-order valence-corrected chi connectivity index (χ4v) is 3.09. The van der Waals surface area contributed by atoms with Crippen molar-refractivity contribution in [3.8, 4) is 5.75 Å². The zero-order chi connectivity index (χ0) is 17.1. The molecule has 1 aromatic carbocycles. The first kappa shape index (κ1) is 16.5. The molecule has 1 saturated carbocycles. The number of amides is 1. The third kappa shape index (κ3) is 3.59. The third-order valence-electron chi connectivity index (χ3n) is 4.40. The lowest BCUT2D eigenvalue weighted by Crippen LogP contribution is -2.41. The lowest BCUT2D eigenvalue weighted by atomic mass is 9.75. The SMILES string of the molecule is CCOc1cccc(C(=O)N[C@@H](c2cnn(C)c2)C2CC(O)C2)c1. The topological polar surface area (TPSA) is 76.4 Å². The molecule has 0 radical (unpaired) electrons. The number of rotatable bonds is 6. The summed E-state index contributed by atoms with van der Waals surface area (Å²) in [7, 11) is 1.85. The Morgan fingerprint density at radius 3 is 2.92 bits per heavy atom. The van der Waals surface area contributed by atoms with Gasteiger partial charge in [0.2, 0.25) is 0 Å². The number of aromatic nitrogens is 2. The normalized spacial score (nSPS) is 21.0. The van der Waals surface area contributed by atoms with E-state index in [4.69, 9.17) is 4.74 Å². The molecule has 0 saturated heterocycles. The van der Waals surface area contributed by atoms with Gasteiger partial charge in [-0.3, -0.25) is 9.48 Å². The van der Waals surface area contributed by atoms with Gasteiger partial charge in [0.15, 0.2) is 0 Å². The Bertz CT molecular complexity index is 707. The number of aliphatic hydroxyl groups excluding tert-OH is 1. The van der Waals surface area contributed by atoms with E-state index in [1.54, 1.807) is 23.0 Å². The van der Waals surface area contributed by atoms with Gasteiger partial charge in [0.25, 0.3) is 5.91 Å². The number of hydrogen-bond donors (Lipinski definition) is 2. The molecule has 6 heteroatoms. The van der Waals surface area contributed by atoms with E-state index in [1.807, 2.05) is 32.3 Å². The predicted molar refractivity (Wildman–Crippen MR) is 89.8 cm³/mol. The number of carbonyl (C=O) groups is 1. The monoisotopic (exact) mass is 329 g/mol. The van der Waals surface area contributed by atoms with Crippen molar-refractivity contribution in [2.45, 2.75) is 31.9 Å². The summed E-state index contributed by atoms with van der Waals surface area (Å²) in [5, 5.41) is 16.9. The van der Waals surface area contributed by atoms with Gasteiger partial charge in [-0.2, -0.15) is 5.10 Å². The van der Waals surface area contributed by atoms with Crippen molar-refractivity contribution in [3.05, 3.63) is 47.8 Å². The van der Waals surface area contributed by atoms with Gasteiger partial charge < -0.3 is 15.2 Å². The molecule has 1 fully saturated rings. The van der Waals surface area contributed by atoms with E-state index in [1.165, 1.54) is 0 Å². The van der Waals surface area contributed by atoms with Gasteiger partial charge in [0.05, 0.1) is 24.9 Å². The number of hydrogen-bond acceptors (Lipinski definition) is 4. The van der Waals surface area contributed by atoms with Gasteiger partial charge in [-0.15, -0.1) is 0 Å². The first-order valence-electron chi connectivity index (χ1n) is 8.27. The smallest absolute Gasteiger partial charge is 0.251 e. The second kappa shape index (κ2) is 7.05. The second-order valence-electron chi connectivity index (χ2n) is 6.24. The maximum atomic E-state index is 12.7. The highest BCUT2D eigenvalue weighted by Crippen LogP contribution is 2.38. The molecule has 0 unspecified atom stereocenters. The van der Waals surface area contributed by atoms with Crippen LogP contribution in [-0.4, -0.2) is 33.5 Å². The molecule has 2 aromatic rings. The quantitative estimate of drug-likeness (QED) is 0.850. The minimum Gasteiger partial charge on any atom is -0.494 e. The molecule has 1 aromatic heterocycles. The molecule has 1 aliphatic carbocycles. The van der Waals surface area contributed by atoms with Crippen LogP contribution in [0.1, 0.15) is 41.7 Å². The summed E-state index contributed by atoms with van der Waals surface area (Å²) in [5.41, 5.74) is 1.53. The van der Waals surface area contributed by atoms with Crippen LogP contribution in [0.25, 0.3) is 0 Å². The molecule has 0 aliphatic heterocycles. The lowest BCUT2D eigenvalue weighted by Gasteiger charge is -2.37. The van der Waals surface area contributed by atoms with E-state index in [2.05, 4.69) is 10.4 Å². The Kier molecular flexibility index (Phi) is 4.85. The Morgan fingerprint density at radius 1 is 1.50 bits per heavy atom. The maximum absolute atomic E-state index is 12.7. The summed E-state index contributed by atoms with van der Waals surface area (Å²) < 4.78 is 7.18. The van der Waals surface area contributed by atoms with Gasteiger partial charge in [-0.25, -0.2) is 0 Å². The van der Waals surface area contributed by atoms with Crippen LogP contribution in [0.15, 0.2) is 36.7 Å². The number of aliphatic hydroxyl groups is 1. The zero-order valence-electron chi connectivity index (χ0n) is 14.0. The number of nitrogens with one attached hydrogen (secondary N) is 1. The van der Waals surface area contributed by atoms with E-state index in [9.17, 15) is 9.90 Å². The average molecular weight is 329 g/mol. The van der Waals surface area contributed by atoms with Crippen LogP contribution in [0.4, 0.5) is 0 Å². The van der Waals surface area contributed by atoms with Gasteiger partial charge in [0.1, 0.15) is 5.75 Å².